The van der Waals surface area contributed by atoms with Gasteiger partial charge in [-0.2, -0.15) is 81.5 Å². The minimum Gasteiger partial charge on any atom is -0.479 e. The Hall–Kier alpha value is -3.43. The van der Waals surface area contributed by atoms with Gasteiger partial charge < -0.3 is 113 Å². The van der Waals surface area contributed by atoms with Crippen LogP contribution >= 0.6 is 0 Å². The molecule has 6 aliphatic rings. The van der Waals surface area contributed by atoms with E-state index in [0.29, 0.717) is 0 Å². The van der Waals surface area contributed by atoms with Crippen molar-refractivity contribution in [1.29, 1.82) is 0 Å². The average Bonchev–Trinajstić information content (AvgIpc) is 0.762. The van der Waals surface area contributed by atoms with Crippen LogP contribution in [0.2, 0.25) is 0 Å². The number of aliphatic hydroxyl groups excluding tert-OH is 9. The van der Waals surface area contributed by atoms with Gasteiger partial charge in [0.25, 0.3) is 0 Å². The van der Waals surface area contributed by atoms with Crippen molar-refractivity contribution < 1.29 is 252 Å². The van der Waals surface area contributed by atoms with Gasteiger partial charge >= 0.3 is 101 Å². The molecule has 0 spiro atoms. The van der Waals surface area contributed by atoms with Crippen LogP contribution in [0.1, 0.15) is 0 Å². The summed E-state index contributed by atoms with van der Waals surface area (Å²) in [5.41, 5.74) is 0. The van der Waals surface area contributed by atoms with Crippen molar-refractivity contribution in [3.63, 3.8) is 0 Å². The van der Waals surface area contributed by atoms with Crippen LogP contribution in [0.15, 0.2) is 0 Å². The van der Waals surface area contributed by atoms with Crippen LogP contribution in [0.3, 0.4) is 0 Å². The Morgan fingerprint density at radius 2 is 0.618 bits per heavy atom. The lowest BCUT2D eigenvalue weighted by Gasteiger charge is -2.50. The molecule has 6 fully saturated rings. The molecule has 0 unspecified atom stereocenters. The quantitative estimate of drug-likeness (QED) is 0.0278. The molecule has 6 saturated heterocycles. The molecule has 0 aromatic rings. The Balaban J connectivity index is 1.40. The van der Waals surface area contributed by atoms with Gasteiger partial charge in [0, 0.05) is 0 Å². The summed E-state index contributed by atoms with van der Waals surface area (Å²) in [6.07, 6.45) is -79.7. The molecule has 0 amide bonds. The Morgan fingerprint density at radius 1 is 0.294 bits per heavy atom. The van der Waals surface area contributed by atoms with E-state index in [4.69, 9.17) is 52.1 Å². The number of hydrogen-bond donors (Lipinski definition) is 23. The van der Waals surface area contributed by atoms with Crippen molar-refractivity contribution in [1.82, 2.24) is 14.2 Å². The maximum Gasteiger partial charge on any atom is 0.397 e. The van der Waals surface area contributed by atoms with Gasteiger partial charge in [0.05, 0.1) is 19.8 Å². The molecule has 66 heteroatoms. The van der Waals surface area contributed by atoms with E-state index >= 15 is 0 Å². The van der Waals surface area contributed by atoms with Crippen molar-refractivity contribution in [2.24, 2.45) is 0 Å². The fourth-order valence-corrected chi connectivity index (χ4v) is 14.0. The molecule has 58 nitrogen and oxygen atoms in total. The number of hydrogen-bond acceptors (Lipinski definition) is 44. The molecule has 0 radical (unpaired) electrons. The fourth-order valence-electron chi connectivity index (χ4n) is 10.3. The first kappa shape index (κ1) is 87.5. The summed E-state index contributed by atoms with van der Waals surface area (Å²) in [6.45, 7) is -5.47. The molecule has 0 aromatic heterocycles. The zero-order valence-electron chi connectivity index (χ0n) is 48.9. The van der Waals surface area contributed by atoms with Crippen LogP contribution in [0.25, 0.3) is 0 Å². The smallest absolute Gasteiger partial charge is 0.397 e. The lowest BCUT2D eigenvalue weighted by molar-refractivity contribution is -0.376. The predicted octanol–water partition coefficient (Wildman–Crippen LogP) is -16.5. The maximum absolute atomic E-state index is 13.1. The molecular formula is C36H59N3O55S8. The van der Waals surface area contributed by atoms with Crippen LogP contribution < -0.4 is 14.2 Å². The van der Waals surface area contributed by atoms with Gasteiger partial charge in [-0.25, -0.2) is 35.3 Å². The molecule has 23 N–H and O–H groups in total. The first-order chi connectivity index (χ1) is 46.2. The van der Waals surface area contributed by atoms with Crippen LogP contribution in [0, 0.1) is 0 Å². The summed E-state index contributed by atoms with van der Waals surface area (Å²) in [5.74, 6) is -7.15. The molecule has 6 heterocycles. The highest BCUT2D eigenvalue weighted by atomic mass is 32.3. The van der Waals surface area contributed by atoms with E-state index in [1.165, 1.54) is 9.44 Å². The van der Waals surface area contributed by atoms with Crippen LogP contribution in [0.4, 0.5) is 0 Å². The summed E-state index contributed by atoms with van der Waals surface area (Å²) >= 11 is 0. The van der Waals surface area contributed by atoms with Gasteiger partial charge in [-0.1, -0.05) is 0 Å². The molecular weight excluding hydrogens is 1610 g/mol. The van der Waals surface area contributed by atoms with E-state index in [0.717, 1.165) is 4.72 Å². The van der Waals surface area contributed by atoms with E-state index in [1.807, 2.05) is 0 Å². The second-order valence-electron chi connectivity index (χ2n) is 21.3. The highest BCUT2D eigenvalue weighted by Gasteiger charge is 2.62. The lowest BCUT2D eigenvalue weighted by Crippen LogP contribution is -2.71. The third kappa shape index (κ3) is 24.0. The number of ether oxygens (including phenoxy) is 11. The molecule has 6 rings (SSSR count). The molecule has 0 saturated carbocycles. The molecule has 0 bridgehead atoms. The second kappa shape index (κ2) is 33.2. The fraction of sp³-hybridized carbons (Fsp3) is 0.917. The van der Waals surface area contributed by atoms with Crippen molar-refractivity contribution in [3.8, 4) is 0 Å². The first-order valence-electron chi connectivity index (χ1n) is 26.7. The van der Waals surface area contributed by atoms with Crippen molar-refractivity contribution >= 4 is 101 Å². The number of carboxylic acids is 3. The van der Waals surface area contributed by atoms with Crippen molar-refractivity contribution in [3.05, 3.63) is 0 Å². The Labute approximate surface area is 568 Å². The number of carbonyl (C=O) groups is 3. The van der Waals surface area contributed by atoms with E-state index in [2.05, 4.69) is 20.9 Å². The van der Waals surface area contributed by atoms with E-state index in [9.17, 15) is 179 Å². The zero-order valence-corrected chi connectivity index (χ0v) is 55.5. The summed E-state index contributed by atoms with van der Waals surface area (Å²) < 4.78 is 354. The highest BCUT2D eigenvalue weighted by molar-refractivity contribution is 7.84. The standard InChI is InChI=1S/C36H59N3O55S8/c40-10-7(37-95(55,56)57)31(54)82-4(1-79-98(64,65)66)18(10)86-36-25(94-102(76,77)78)17(47)23(27(92-36)30(52)53)89-33-9(39-97(61,62)63)21(93-101(73,74)75)20(6(84-33)3-81-100(70,71)72)87-35-16(46)14(44)22(26(91-35)29(50)51)88-32-8(38-96(58,59)60)11(41)19(5(83-32)2-80-99(67,68)69)85-34-15(45)12(42)13(43)24(90-34)28(48)49/h4-27,31-47,54H,1-3H2,(H,48,49)(H,50,51)(H,52,53)(H,55,56,57)(H,58,59,60)(H,61,62,63)(H,64,65,66)(H,67,68,69)(H,70,71,72)(H,73,74,75)(H,76,77,78)/t4-,5-,6-,7-,8-,9-,10-,11-,12+,13+,14-,15-,16-,17+,18-,19-,20-,21-,22+,23+,24+,25-,26+,27-,31-,32+,33+,34+,35+,36-/m1/s1. The lowest BCUT2D eigenvalue weighted by atomic mass is 9.94. The molecule has 596 valence electrons. The normalized spacial score (nSPS) is 40.3. The van der Waals surface area contributed by atoms with Crippen molar-refractivity contribution in [2.75, 3.05) is 19.8 Å². The van der Waals surface area contributed by atoms with E-state index in [-0.39, 0.29) is 0 Å². The van der Waals surface area contributed by atoms with Gasteiger partial charge in [0.1, 0.15) is 122 Å². The number of rotatable bonds is 32. The molecule has 30 atom stereocenters. The molecule has 0 aliphatic carbocycles. The SMILES string of the molecule is O=C(O)[C@H]1O[C@H](O[C@H]2[C@H](O)[C@@H](NS(=O)(=O)O)[C@H](O[C@H]3[C@H](O)[C@@H](O)[C@@H](O[C@H]4[C@H](OS(=O)(=O)O)[C@@H](NS(=O)(=O)O)[C@H](O[C@H]5[C@H](O)[C@@H](OS(=O)(=O)O)[C@H](O[C@H]6[C@H](O)[C@@H](NS(=O)(=O)O)[C@H](O)O[C@@H]6COS(=O)(=O)O)O[C@H]5C(=O)O)O[C@@H]4COS(=O)(=O)O)O[C@@H]3C(=O)O)O[C@@H]2COS(=O)(=O)O)[C@H](O)[C@@H](O)[C@@H]1O. The number of aliphatic carboxylic acids is 3. The average molecular weight is 1670 g/mol. The Bertz CT molecular complexity index is 3910. The van der Waals surface area contributed by atoms with Crippen LogP contribution in [-0.4, -0.2) is 387 Å². The minimum atomic E-state index is -6.44. The van der Waals surface area contributed by atoms with Gasteiger partial charge in [0.15, 0.2) is 62.2 Å². The molecule has 6 aliphatic heterocycles. The van der Waals surface area contributed by atoms with E-state index < -0.39 is 305 Å². The predicted molar refractivity (Wildman–Crippen MR) is 290 cm³/mol. The van der Waals surface area contributed by atoms with Gasteiger partial charge in [-0.3, -0.25) is 36.4 Å². The van der Waals surface area contributed by atoms with Gasteiger partial charge in [-0.15, -0.1) is 0 Å². The summed E-state index contributed by atoms with van der Waals surface area (Å²) in [4.78, 5) is 37.9. The first-order valence-corrected chi connectivity index (χ1v) is 37.8. The van der Waals surface area contributed by atoms with Crippen LogP contribution in [-0.2, 0) is 170 Å². The monoisotopic (exact) mass is 1670 g/mol. The maximum atomic E-state index is 13.1. The van der Waals surface area contributed by atoms with Gasteiger partial charge in [-0.05, 0) is 0 Å². The number of carboxylic acid groups (broad SMARTS) is 3. The number of aliphatic hydroxyl groups is 9. The Kier molecular flexibility index (Phi) is 28.5. The zero-order chi connectivity index (χ0) is 77.6. The molecule has 102 heavy (non-hydrogen) atoms. The third-order valence-electron chi connectivity index (χ3n) is 14.3. The van der Waals surface area contributed by atoms with Crippen LogP contribution in [0.5, 0.6) is 0 Å². The summed E-state index contributed by atoms with van der Waals surface area (Å²) in [7, 11) is -47.6. The second-order valence-corrected chi connectivity index (χ2v) is 30.3. The summed E-state index contributed by atoms with van der Waals surface area (Å²) in [6, 6.07) is -8.78. The Morgan fingerprint density at radius 3 is 1.04 bits per heavy atom. The highest BCUT2D eigenvalue weighted by Crippen LogP contribution is 2.39. The van der Waals surface area contributed by atoms with Gasteiger partial charge in [0.2, 0.25) is 0 Å². The largest absolute Gasteiger partial charge is 0.479 e. The minimum absolute atomic E-state index is 1.07. The topological polar surface area (TPSA) is 913 Å². The summed E-state index contributed by atoms with van der Waals surface area (Å²) in [5, 5.41) is 130. The number of nitrogens with one attached hydrogen (secondary N) is 3. The third-order valence-corrected chi connectivity index (χ3v) is 18.2. The van der Waals surface area contributed by atoms with Crippen molar-refractivity contribution in [2.45, 2.75) is 184 Å². The van der Waals surface area contributed by atoms with E-state index in [1.54, 1.807) is 0 Å². The molecule has 0 aromatic carbocycles.